The Kier molecular flexibility index (Phi) is 9.30. The summed E-state index contributed by atoms with van der Waals surface area (Å²) in [6.07, 6.45) is 23.9. The Labute approximate surface area is 197 Å². The molecule has 3 saturated carbocycles. The van der Waals surface area contributed by atoms with Crippen LogP contribution in [0.25, 0.3) is 0 Å². The first-order valence-corrected chi connectivity index (χ1v) is 14.0. The van der Waals surface area contributed by atoms with Crippen molar-refractivity contribution >= 4 is 0 Å². The Balaban J connectivity index is 1.16. The molecule has 0 nitrogen and oxygen atoms in total. The molecule has 1 heteroatoms. The largest absolute Gasteiger partial charge is 0.251 e. The average molecular weight is 439 g/mol. The summed E-state index contributed by atoms with van der Waals surface area (Å²) in [6.45, 7) is 3.70. The first-order chi connectivity index (χ1) is 15.8. The monoisotopic (exact) mass is 438 g/mol. The van der Waals surface area contributed by atoms with Crippen molar-refractivity contribution in [2.75, 3.05) is 6.67 Å². The van der Waals surface area contributed by atoms with E-state index >= 15 is 0 Å². The molecule has 0 bridgehead atoms. The molecule has 0 atom stereocenters. The van der Waals surface area contributed by atoms with Crippen LogP contribution < -0.4 is 0 Å². The van der Waals surface area contributed by atoms with Crippen molar-refractivity contribution in [3.8, 4) is 0 Å². The van der Waals surface area contributed by atoms with Crippen LogP contribution in [0.2, 0.25) is 0 Å². The smallest absolute Gasteiger partial charge is 0.0897 e. The standard InChI is InChI=1S/C31H47F/c1-2-3-5-24-7-11-26(12-8-24)28-15-19-30(20-16-28)31-21-17-29(18-22-31)27-13-9-25(10-14-27)6-4-23-32/h2,9-10,13-14,24,26,28-31H,1,3-8,11-12,15-23H2. The molecule has 0 aliphatic heterocycles. The predicted octanol–water partition coefficient (Wildman–Crippen LogP) is 9.44. The van der Waals surface area contributed by atoms with E-state index in [9.17, 15) is 4.39 Å². The third kappa shape index (κ3) is 6.48. The molecule has 0 aromatic heterocycles. The minimum atomic E-state index is -0.203. The van der Waals surface area contributed by atoms with E-state index in [1.54, 1.807) is 0 Å². The second kappa shape index (κ2) is 12.4. The maximum atomic E-state index is 12.4. The molecule has 0 spiro atoms. The van der Waals surface area contributed by atoms with Crippen molar-refractivity contribution < 1.29 is 4.39 Å². The Morgan fingerprint density at radius 1 is 0.719 bits per heavy atom. The summed E-state index contributed by atoms with van der Waals surface area (Å²) in [6, 6.07) is 9.14. The Bertz CT molecular complexity index is 652. The molecule has 0 saturated heterocycles. The number of alkyl halides is 1. The minimum absolute atomic E-state index is 0.203. The fourth-order valence-corrected chi connectivity index (χ4v) is 7.54. The van der Waals surface area contributed by atoms with Crippen LogP contribution >= 0.6 is 0 Å². The number of benzene rings is 1. The van der Waals surface area contributed by atoms with Crippen molar-refractivity contribution in [1.82, 2.24) is 0 Å². The summed E-state index contributed by atoms with van der Waals surface area (Å²) in [5.41, 5.74) is 2.82. The van der Waals surface area contributed by atoms with Crippen LogP contribution in [0.3, 0.4) is 0 Å². The van der Waals surface area contributed by atoms with E-state index < -0.39 is 0 Å². The zero-order valence-electron chi connectivity index (χ0n) is 20.5. The maximum absolute atomic E-state index is 12.4. The van der Waals surface area contributed by atoms with Gasteiger partial charge in [-0.05, 0) is 137 Å². The van der Waals surface area contributed by atoms with Crippen molar-refractivity contribution in [3.05, 3.63) is 48.0 Å². The molecule has 0 N–H and O–H groups in total. The molecule has 1 aromatic rings. The summed E-state index contributed by atoms with van der Waals surface area (Å²) < 4.78 is 12.4. The molecule has 0 radical (unpaired) electrons. The molecule has 0 heterocycles. The second-order valence-corrected chi connectivity index (χ2v) is 11.5. The normalized spacial score (nSPS) is 33.7. The molecule has 32 heavy (non-hydrogen) atoms. The Morgan fingerprint density at radius 3 is 1.72 bits per heavy atom. The molecule has 0 amide bonds. The van der Waals surface area contributed by atoms with E-state index in [-0.39, 0.29) is 6.67 Å². The van der Waals surface area contributed by atoms with E-state index in [1.165, 1.54) is 101 Å². The van der Waals surface area contributed by atoms with Gasteiger partial charge in [-0.2, -0.15) is 0 Å². The van der Waals surface area contributed by atoms with Gasteiger partial charge >= 0.3 is 0 Å². The Morgan fingerprint density at radius 2 is 1.22 bits per heavy atom. The number of rotatable bonds is 9. The molecular formula is C31H47F. The van der Waals surface area contributed by atoms with E-state index in [4.69, 9.17) is 0 Å². The molecule has 3 aliphatic carbocycles. The lowest BCUT2D eigenvalue weighted by Crippen LogP contribution is -2.29. The summed E-state index contributed by atoms with van der Waals surface area (Å²) >= 11 is 0. The van der Waals surface area contributed by atoms with Gasteiger partial charge in [-0.25, -0.2) is 0 Å². The Hall–Kier alpha value is -1.11. The van der Waals surface area contributed by atoms with E-state index in [1.807, 2.05) is 0 Å². The van der Waals surface area contributed by atoms with E-state index in [0.717, 1.165) is 41.9 Å². The second-order valence-electron chi connectivity index (χ2n) is 11.5. The number of hydrogen-bond donors (Lipinski definition) is 0. The lowest BCUT2D eigenvalue weighted by molar-refractivity contribution is 0.109. The highest BCUT2D eigenvalue weighted by Gasteiger charge is 2.34. The maximum Gasteiger partial charge on any atom is 0.0897 e. The topological polar surface area (TPSA) is 0 Å². The molecule has 1 aromatic carbocycles. The van der Waals surface area contributed by atoms with Gasteiger partial charge in [0.2, 0.25) is 0 Å². The highest BCUT2D eigenvalue weighted by Crippen LogP contribution is 2.47. The number of aryl methyl sites for hydroxylation is 1. The van der Waals surface area contributed by atoms with Gasteiger partial charge in [0.15, 0.2) is 0 Å². The van der Waals surface area contributed by atoms with Crippen LogP contribution in [-0.4, -0.2) is 6.67 Å². The lowest BCUT2D eigenvalue weighted by atomic mass is 9.64. The van der Waals surface area contributed by atoms with Gasteiger partial charge in [0.05, 0.1) is 6.67 Å². The van der Waals surface area contributed by atoms with Crippen LogP contribution in [-0.2, 0) is 6.42 Å². The van der Waals surface area contributed by atoms with Gasteiger partial charge in [0, 0.05) is 0 Å². The van der Waals surface area contributed by atoms with Crippen molar-refractivity contribution in [2.24, 2.45) is 29.6 Å². The molecule has 4 rings (SSSR count). The fourth-order valence-electron chi connectivity index (χ4n) is 7.54. The van der Waals surface area contributed by atoms with Gasteiger partial charge in [-0.3, -0.25) is 4.39 Å². The van der Waals surface area contributed by atoms with Crippen LogP contribution in [0.4, 0.5) is 4.39 Å². The first kappa shape index (κ1) is 24.0. The predicted molar refractivity (Wildman–Crippen MR) is 136 cm³/mol. The van der Waals surface area contributed by atoms with Crippen molar-refractivity contribution in [2.45, 2.75) is 109 Å². The molecular weight excluding hydrogens is 391 g/mol. The highest BCUT2D eigenvalue weighted by molar-refractivity contribution is 5.26. The quantitative estimate of drug-likeness (QED) is 0.337. The zero-order valence-corrected chi connectivity index (χ0v) is 20.5. The van der Waals surface area contributed by atoms with E-state index in [0.29, 0.717) is 6.42 Å². The van der Waals surface area contributed by atoms with Crippen molar-refractivity contribution in [3.63, 3.8) is 0 Å². The number of hydrogen-bond acceptors (Lipinski definition) is 0. The molecule has 3 fully saturated rings. The van der Waals surface area contributed by atoms with Gasteiger partial charge in [-0.15, -0.1) is 6.58 Å². The van der Waals surface area contributed by atoms with E-state index in [2.05, 4.69) is 36.9 Å². The third-order valence-corrected chi connectivity index (χ3v) is 9.64. The minimum Gasteiger partial charge on any atom is -0.251 e. The van der Waals surface area contributed by atoms with Crippen molar-refractivity contribution in [1.29, 1.82) is 0 Å². The fraction of sp³-hybridized carbons (Fsp3) is 0.742. The zero-order chi connectivity index (χ0) is 22.2. The summed E-state index contributed by atoms with van der Waals surface area (Å²) in [4.78, 5) is 0. The molecule has 3 aliphatic rings. The third-order valence-electron chi connectivity index (χ3n) is 9.64. The first-order valence-electron chi connectivity index (χ1n) is 14.0. The molecule has 0 unspecified atom stereocenters. The number of halogens is 1. The van der Waals surface area contributed by atoms with Crippen LogP contribution in [0.5, 0.6) is 0 Å². The van der Waals surface area contributed by atoms with Gasteiger partial charge in [0.25, 0.3) is 0 Å². The van der Waals surface area contributed by atoms with Gasteiger partial charge < -0.3 is 0 Å². The highest BCUT2D eigenvalue weighted by atomic mass is 19.1. The van der Waals surface area contributed by atoms with Gasteiger partial charge in [0.1, 0.15) is 0 Å². The summed E-state index contributed by atoms with van der Waals surface area (Å²) in [7, 11) is 0. The number of allylic oxidation sites excluding steroid dienone is 1. The van der Waals surface area contributed by atoms with Gasteiger partial charge in [-0.1, -0.05) is 43.2 Å². The molecule has 178 valence electrons. The van der Waals surface area contributed by atoms with Crippen LogP contribution in [0.1, 0.15) is 113 Å². The van der Waals surface area contributed by atoms with Crippen LogP contribution in [0, 0.1) is 29.6 Å². The van der Waals surface area contributed by atoms with Crippen LogP contribution in [0.15, 0.2) is 36.9 Å². The summed E-state index contributed by atoms with van der Waals surface area (Å²) in [5, 5.41) is 0. The lowest BCUT2D eigenvalue weighted by Gasteiger charge is -2.41. The average Bonchev–Trinajstić information content (AvgIpc) is 2.87. The SMILES string of the molecule is C=CCCC1CCC(C2CCC(C3CCC(c4ccc(CCCF)cc4)CC3)CC2)CC1. The summed E-state index contributed by atoms with van der Waals surface area (Å²) in [5.74, 6) is 5.83.